The molecule has 0 radical (unpaired) electrons. The molecule has 0 spiro atoms. The smallest absolute Gasteiger partial charge is 0.238 e. The second kappa shape index (κ2) is 11.7. The van der Waals surface area contributed by atoms with Gasteiger partial charge in [-0.3, -0.25) is 9.55 Å². The van der Waals surface area contributed by atoms with E-state index in [1.165, 1.54) is 22.3 Å². The highest BCUT2D eigenvalue weighted by Gasteiger charge is 2.35. The first-order valence-electron chi connectivity index (χ1n) is 17.6. The van der Waals surface area contributed by atoms with E-state index in [0.717, 1.165) is 55.2 Å². The van der Waals surface area contributed by atoms with Crippen LogP contribution in [0.2, 0.25) is 0 Å². The van der Waals surface area contributed by atoms with Crippen molar-refractivity contribution in [3.8, 4) is 62.1 Å². The summed E-state index contributed by atoms with van der Waals surface area (Å²) < 4.78 is 2.23. The average molecular weight is 668 g/mol. The molecule has 1 aliphatic carbocycles. The fourth-order valence-electron chi connectivity index (χ4n) is 8.03. The maximum Gasteiger partial charge on any atom is 0.238 e. The van der Waals surface area contributed by atoms with E-state index >= 15 is 0 Å². The number of pyridine rings is 1. The lowest BCUT2D eigenvalue weighted by Crippen LogP contribution is -2.14. The number of fused-ring (bicyclic) bond motifs is 6. The Morgan fingerprint density at radius 1 is 0.462 bits per heavy atom. The van der Waals surface area contributed by atoms with E-state index in [4.69, 9.17) is 15.0 Å². The summed E-state index contributed by atoms with van der Waals surface area (Å²) in [6, 6.07) is 53.4. The summed E-state index contributed by atoms with van der Waals surface area (Å²) >= 11 is 0. The Morgan fingerprint density at radius 2 is 1.13 bits per heavy atom. The SMILES string of the molecule is CC1(C)c2ccccc2-c2cc(-c3cccc4c5ccccc5n(-c5nc(-c6ccccc6)nc(-c6cccc(-c7cccnc7)c6)n5)c34)ccc21. The fourth-order valence-corrected chi connectivity index (χ4v) is 8.03. The van der Waals surface area contributed by atoms with Crippen LogP contribution in [0.5, 0.6) is 0 Å². The van der Waals surface area contributed by atoms with Gasteiger partial charge in [0.1, 0.15) is 0 Å². The predicted octanol–water partition coefficient (Wildman–Crippen LogP) is 11.3. The fraction of sp³-hybridized carbons (Fsp3) is 0.0638. The van der Waals surface area contributed by atoms with Gasteiger partial charge >= 0.3 is 0 Å². The van der Waals surface area contributed by atoms with Gasteiger partial charge in [0.15, 0.2) is 11.6 Å². The van der Waals surface area contributed by atoms with E-state index in [1.54, 1.807) is 6.20 Å². The van der Waals surface area contributed by atoms with E-state index < -0.39 is 0 Å². The zero-order valence-corrected chi connectivity index (χ0v) is 28.8. The largest absolute Gasteiger partial charge is 0.277 e. The minimum atomic E-state index is -0.0607. The lowest BCUT2D eigenvalue weighted by Gasteiger charge is -2.21. The van der Waals surface area contributed by atoms with Crippen LogP contribution < -0.4 is 0 Å². The molecule has 0 amide bonds. The molecule has 3 aromatic heterocycles. The summed E-state index contributed by atoms with van der Waals surface area (Å²) in [5.41, 5.74) is 13.6. The number of aromatic nitrogens is 5. The Bertz CT molecular complexity index is 2820. The number of benzene rings is 6. The molecular weight excluding hydrogens is 635 g/mol. The average Bonchev–Trinajstić information content (AvgIpc) is 3.67. The van der Waals surface area contributed by atoms with Crippen LogP contribution in [0.25, 0.3) is 83.9 Å². The van der Waals surface area contributed by atoms with Gasteiger partial charge in [-0.05, 0) is 57.6 Å². The van der Waals surface area contributed by atoms with E-state index in [2.05, 4.69) is 151 Å². The van der Waals surface area contributed by atoms with E-state index in [0.29, 0.717) is 17.6 Å². The summed E-state index contributed by atoms with van der Waals surface area (Å²) in [5.74, 6) is 1.79. The Hall–Kier alpha value is -6.72. The first kappa shape index (κ1) is 30.1. The highest BCUT2D eigenvalue weighted by molar-refractivity contribution is 6.13. The molecule has 0 saturated heterocycles. The first-order valence-corrected chi connectivity index (χ1v) is 17.6. The molecular formula is C47H33N5. The molecule has 5 nitrogen and oxygen atoms in total. The van der Waals surface area contributed by atoms with Gasteiger partial charge < -0.3 is 0 Å². The van der Waals surface area contributed by atoms with Crippen molar-refractivity contribution in [2.45, 2.75) is 19.3 Å². The summed E-state index contributed by atoms with van der Waals surface area (Å²) in [7, 11) is 0. The Labute approximate surface area is 302 Å². The Morgan fingerprint density at radius 3 is 2.00 bits per heavy atom. The highest BCUT2D eigenvalue weighted by Crippen LogP contribution is 2.50. The number of hydrogen-bond donors (Lipinski definition) is 0. The molecule has 1 aliphatic rings. The van der Waals surface area contributed by atoms with Gasteiger partial charge in [-0.2, -0.15) is 9.97 Å². The molecule has 10 rings (SSSR count). The molecule has 0 saturated carbocycles. The van der Waals surface area contributed by atoms with Crippen molar-refractivity contribution in [1.29, 1.82) is 0 Å². The van der Waals surface area contributed by atoms with Gasteiger partial charge in [-0.15, -0.1) is 0 Å². The van der Waals surface area contributed by atoms with Crippen molar-refractivity contribution in [3.05, 3.63) is 175 Å². The summed E-state index contributed by atoms with van der Waals surface area (Å²) in [4.78, 5) is 19.9. The van der Waals surface area contributed by atoms with Gasteiger partial charge in [-0.1, -0.05) is 141 Å². The van der Waals surface area contributed by atoms with Crippen LogP contribution in [-0.4, -0.2) is 24.5 Å². The minimum absolute atomic E-state index is 0.0607. The summed E-state index contributed by atoms with van der Waals surface area (Å²) in [5, 5.41) is 2.30. The zero-order valence-electron chi connectivity index (χ0n) is 28.8. The molecule has 0 N–H and O–H groups in total. The van der Waals surface area contributed by atoms with E-state index in [-0.39, 0.29) is 5.41 Å². The molecule has 5 heteroatoms. The van der Waals surface area contributed by atoms with Crippen molar-refractivity contribution in [3.63, 3.8) is 0 Å². The maximum absolute atomic E-state index is 5.27. The van der Waals surface area contributed by atoms with Crippen LogP contribution in [0.3, 0.4) is 0 Å². The van der Waals surface area contributed by atoms with Crippen LogP contribution in [0.1, 0.15) is 25.0 Å². The van der Waals surface area contributed by atoms with Gasteiger partial charge in [0.2, 0.25) is 5.95 Å². The summed E-state index contributed by atoms with van der Waals surface area (Å²) in [6.45, 7) is 4.65. The molecule has 6 aromatic carbocycles. The Balaban J connectivity index is 1.24. The number of para-hydroxylation sites is 2. The number of rotatable bonds is 5. The normalized spacial score (nSPS) is 13.0. The van der Waals surface area contributed by atoms with Crippen LogP contribution in [0, 0.1) is 0 Å². The predicted molar refractivity (Wildman–Crippen MR) is 211 cm³/mol. The highest BCUT2D eigenvalue weighted by atomic mass is 15.2. The van der Waals surface area contributed by atoms with Gasteiger partial charge in [0.25, 0.3) is 0 Å². The lowest BCUT2D eigenvalue weighted by molar-refractivity contribution is 0.660. The molecule has 0 unspecified atom stereocenters. The second-order valence-electron chi connectivity index (χ2n) is 14.0. The van der Waals surface area contributed by atoms with Crippen LogP contribution in [0.15, 0.2) is 164 Å². The Kier molecular flexibility index (Phi) is 6.77. The number of nitrogens with zero attached hydrogens (tertiary/aromatic N) is 5. The molecule has 0 aliphatic heterocycles. The third-order valence-electron chi connectivity index (χ3n) is 10.6. The third kappa shape index (κ3) is 4.70. The molecule has 0 fully saturated rings. The van der Waals surface area contributed by atoms with Crippen LogP contribution >= 0.6 is 0 Å². The van der Waals surface area contributed by atoms with Gasteiger partial charge in [0.05, 0.1) is 11.0 Å². The van der Waals surface area contributed by atoms with Crippen molar-refractivity contribution in [1.82, 2.24) is 24.5 Å². The van der Waals surface area contributed by atoms with Crippen molar-refractivity contribution < 1.29 is 0 Å². The maximum atomic E-state index is 5.27. The van der Waals surface area contributed by atoms with Crippen molar-refractivity contribution >= 4 is 21.8 Å². The quantitative estimate of drug-likeness (QED) is 0.183. The minimum Gasteiger partial charge on any atom is -0.277 e. The van der Waals surface area contributed by atoms with Crippen LogP contribution in [-0.2, 0) is 5.41 Å². The molecule has 9 aromatic rings. The summed E-state index contributed by atoms with van der Waals surface area (Å²) in [6.07, 6.45) is 3.67. The van der Waals surface area contributed by atoms with Crippen LogP contribution in [0.4, 0.5) is 0 Å². The van der Waals surface area contributed by atoms with E-state index in [9.17, 15) is 0 Å². The van der Waals surface area contributed by atoms with E-state index in [1.807, 2.05) is 30.5 Å². The molecule has 52 heavy (non-hydrogen) atoms. The van der Waals surface area contributed by atoms with Crippen molar-refractivity contribution in [2.75, 3.05) is 0 Å². The third-order valence-corrected chi connectivity index (χ3v) is 10.6. The first-order chi connectivity index (χ1) is 25.5. The zero-order chi connectivity index (χ0) is 34.8. The lowest BCUT2D eigenvalue weighted by atomic mass is 9.82. The monoisotopic (exact) mass is 667 g/mol. The number of hydrogen-bond acceptors (Lipinski definition) is 4. The van der Waals surface area contributed by atoms with Gasteiger partial charge in [-0.25, -0.2) is 4.98 Å². The van der Waals surface area contributed by atoms with Crippen molar-refractivity contribution in [2.24, 2.45) is 0 Å². The standard InChI is InChI=1S/C47H33N5/c1-47(2)40-22-8-6-18-36(40)39-28-32(24-25-41(39)47)35-20-11-21-38-37-19-7-9-23-42(37)52(43(35)38)46-50-44(30-13-4-3-5-14-30)49-45(51-46)33-16-10-15-31(27-33)34-17-12-26-48-29-34/h3-29H,1-2H3. The second-order valence-corrected chi connectivity index (χ2v) is 14.0. The topological polar surface area (TPSA) is 56.5 Å². The molecule has 0 atom stereocenters. The molecule has 0 bridgehead atoms. The van der Waals surface area contributed by atoms with Gasteiger partial charge in [0, 0.05) is 50.8 Å². The molecule has 3 heterocycles. The molecule has 246 valence electrons.